The van der Waals surface area contributed by atoms with E-state index in [2.05, 4.69) is 10.0 Å². The van der Waals surface area contributed by atoms with Crippen LogP contribution in [0.5, 0.6) is 0 Å². The summed E-state index contributed by atoms with van der Waals surface area (Å²) in [5.41, 5.74) is 2.65. The lowest BCUT2D eigenvalue weighted by molar-refractivity contribution is 0.0951. The van der Waals surface area contributed by atoms with E-state index in [1.165, 1.54) is 24.3 Å². The fraction of sp³-hybridized carbons (Fsp3) is 0.174. The number of hydrogen-bond donors (Lipinski definition) is 2. The van der Waals surface area contributed by atoms with Gasteiger partial charge in [-0.2, -0.15) is 0 Å². The van der Waals surface area contributed by atoms with E-state index in [1.807, 2.05) is 43.3 Å². The first-order chi connectivity index (χ1) is 15.2. The van der Waals surface area contributed by atoms with Crippen LogP contribution in [0.25, 0.3) is 0 Å². The SMILES string of the molecule is CN(C)Cc1ccccc1CNC(=O)c1ccc(NS(=O)(=O)c2ccc(F)c(F)c2)cc1. The molecule has 0 atom stereocenters. The van der Waals surface area contributed by atoms with Gasteiger partial charge < -0.3 is 10.2 Å². The summed E-state index contributed by atoms with van der Waals surface area (Å²) in [5, 5.41) is 2.86. The van der Waals surface area contributed by atoms with Crippen LogP contribution in [0.4, 0.5) is 14.5 Å². The number of carbonyl (C=O) groups is 1. The van der Waals surface area contributed by atoms with Crippen molar-refractivity contribution in [2.24, 2.45) is 0 Å². The molecule has 0 aliphatic heterocycles. The maximum absolute atomic E-state index is 13.4. The van der Waals surface area contributed by atoms with Gasteiger partial charge in [0.15, 0.2) is 11.6 Å². The second-order valence-electron chi connectivity index (χ2n) is 7.45. The molecule has 0 bridgehead atoms. The third-order valence-corrected chi connectivity index (χ3v) is 6.02. The van der Waals surface area contributed by atoms with E-state index in [0.717, 1.165) is 29.8 Å². The van der Waals surface area contributed by atoms with E-state index in [9.17, 15) is 22.0 Å². The lowest BCUT2D eigenvalue weighted by Crippen LogP contribution is -2.24. The monoisotopic (exact) mass is 459 g/mol. The van der Waals surface area contributed by atoms with Gasteiger partial charge in [-0.3, -0.25) is 9.52 Å². The molecule has 0 fully saturated rings. The molecule has 0 aromatic heterocycles. The number of hydrogen-bond acceptors (Lipinski definition) is 4. The van der Waals surface area contributed by atoms with Crippen molar-refractivity contribution in [3.8, 4) is 0 Å². The summed E-state index contributed by atoms with van der Waals surface area (Å²) in [4.78, 5) is 14.1. The Morgan fingerprint density at radius 1 is 0.906 bits per heavy atom. The Morgan fingerprint density at radius 2 is 1.56 bits per heavy atom. The first-order valence-corrected chi connectivity index (χ1v) is 11.2. The fourth-order valence-corrected chi connectivity index (χ4v) is 4.12. The van der Waals surface area contributed by atoms with Crippen LogP contribution in [0.3, 0.4) is 0 Å². The van der Waals surface area contributed by atoms with Crippen molar-refractivity contribution in [3.63, 3.8) is 0 Å². The summed E-state index contributed by atoms with van der Waals surface area (Å²) >= 11 is 0. The zero-order valence-electron chi connectivity index (χ0n) is 17.6. The number of amides is 1. The third kappa shape index (κ3) is 5.89. The fourth-order valence-electron chi connectivity index (χ4n) is 3.05. The van der Waals surface area contributed by atoms with Crippen molar-refractivity contribution in [3.05, 3.63) is 95.1 Å². The quantitative estimate of drug-likeness (QED) is 0.538. The zero-order chi connectivity index (χ0) is 23.3. The molecule has 0 unspecified atom stereocenters. The predicted octanol–water partition coefficient (Wildman–Crippen LogP) is 3.76. The molecule has 0 saturated carbocycles. The van der Waals surface area contributed by atoms with Gasteiger partial charge in [-0.15, -0.1) is 0 Å². The van der Waals surface area contributed by atoms with Gasteiger partial charge in [0.1, 0.15) is 0 Å². The molecule has 3 rings (SSSR count). The van der Waals surface area contributed by atoms with Gasteiger partial charge in [0.05, 0.1) is 4.90 Å². The molecule has 0 saturated heterocycles. The average Bonchev–Trinajstić information content (AvgIpc) is 2.74. The highest BCUT2D eigenvalue weighted by molar-refractivity contribution is 7.92. The predicted molar refractivity (Wildman–Crippen MR) is 119 cm³/mol. The zero-order valence-corrected chi connectivity index (χ0v) is 18.4. The number of anilines is 1. The number of nitrogens with one attached hydrogen (secondary N) is 2. The van der Waals surface area contributed by atoms with Gasteiger partial charge in [0, 0.05) is 24.3 Å². The van der Waals surface area contributed by atoms with E-state index in [0.29, 0.717) is 18.2 Å². The minimum Gasteiger partial charge on any atom is -0.348 e. The molecule has 9 heteroatoms. The number of halogens is 2. The maximum atomic E-state index is 13.4. The van der Waals surface area contributed by atoms with Crippen molar-refractivity contribution in [2.75, 3.05) is 18.8 Å². The Hall–Kier alpha value is -3.30. The molecule has 3 aromatic carbocycles. The molecule has 0 radical (unpaired) electrons. The highest BCUT2D eigenvalue weighted by Gasteiger charge is 2.17. The van der Waals surface area contributed by atoms with E-state index < -0.39 is 26.6 Å². The molecule has 0 aliphatic carbocycles. The smallest absolute Gasteiger partial charge is 0.261 e. The van der Waals surface area contributed by atoms with Crippen molar-refractivity contribution in [1.29, 1.82) is 0 Å². The number of nitrogens with zero attached hydrogens (tertiary/aromatic N) is 1. The van der Waals surface area contributed by atoms with E-state index in [1.54, 1.807) is 0 Å². The van der Waals surface area contributed by atoms with Gasteiger partial charge in [-0.25, -0.2) is 17.2 Å². The Labute approximate surface area is 185 Å². The molecule has 0 aliphatic rings. The minimum absolute atomic E-state index is 0.183. The molecular weight excluding hydrogens is 436 g/mol. The lowest BCUT2D eigenvalue weighted by Gasteiger charge is -2.15. The van der Waals surface area contributed by atoms with Gasteiger partial charge >= 0.3 is 0 Å². The van der Waals surface area contributed by atoms with Crippen LogP contribution in [-0.2, 0) is 23.1 Å². The molecule has 2 N–H and O–H groups in total. The molecule has 1 amide bonds. The number of benzene rings is 3. The minimum atomic E-state index is -4.11. The van der Waals surface area contributed by atoms with Crippen LogP contribution in [-0.4, -0.2) is 33.3 Å². The number of carbonyl (C=O) groups excluding carboxylic acids is 1. The summed E-state index contributed by atoms with van der Waals surface area (Å²) in [7, 11) is -0.168. The standard InChI is InChI=1S/C23H23F2N3O3S/c1-28(2)15-18-6-4-3-5-17(18)14-26-23(29)16-7-9-19(10-8-16)27-32(30,31)20-11-12-21(24)22(25)13-20/h3-13,27H,14-15H2,1-2H3,(H,26,29). The summed E-state index contributed by atoms with van der Waals surface area (Å²) in [6.45, 7) is 1.10. The second kappa shape index (κ2) is 9.88. The van der Waals surface area contributed by atoms with Crippen LogP contribution < -0.4 is 10.0 Å². The Bertz CT molecular complexity index is 1210. The summed E-state index contributed by atoms with van der Waals surface area (Å²) < 4.78 is 53.4. The van der Waals surface area contributed by atoms with Crippen LogP contribution in [0, 0.1) is 11.6 Å². The normalized spacial score (nSPS) is 11.4. The molecule has 3 aromatic rings. The molecular formula is C23H23F2N3O3S. The number of sulfonamides is 1. The van der Waals surface area contributed by atoms with Gasteiger partial charge in [-0.1, -0.05) is 24.3 Å². The highest BCUT2D eigenvalue weighted by Crippen LogP contribution is 2.19. The summed E-state index contributed by atoms with van der Waals surface area (Å²) in [6, 6.07) is 15.9. The van der Waals surface area contributed by atoms with Crippen molar-refractivity contribution < 1.29 is 22.0 Å². The van der Waals surface area contributed by atoms with E-state index >= 15 is 0 Å². The van der Waals surface area contributed by atoms with Gasteiger partial charge in [-0.05, 0) is 67.7 Å². The summed E-state index contributed by atoms with van der Waals surface area (Å²) in [5.74, 6) is -2.70. The maximum Gasteiger partial charge on any atom is 0.261 e. The third-order valence-electron chi connectivity index (χ3n) is 4.65. The largest absolute Gasteiger partial charge is 0.348 e. The Balaban J connectivity index is 1.65. The van der Waals surface area contributed by atoms with Crippen LogP contribution in [0.15, 0.2) is 71.6 Å². The first kappa shape index (κ1) is 23.4. The lowest BCUT2D eigenvalue weighted by atomic mass is 10.1. The van der Waals surface area contributed by atoms with Crippen molar-refractivity contribution in [1.82, 2.24) is 10.2 Å². The summed E-state index contributed by atoms with van der Waals surface area (Å²) in [6.07, 6.45) is 0. The molecule has 32 heavy (non-hydrogen) atoms. The Kier molecular flexibility index (Phi) is 7.22. The van der Waals surface area contributed by atoms with Crippen LogP contribution >= 0.6 is 0 Å². The number of rotatable bonds is 8. The molecule has 168 valence electrons. The second-order valence-corrected chi connectivity index (χ2v) is 9.13. The highest BCUT2D eigenvalue weighted by atomic mass is 32.2. The first-order valence-electron chi connectivity index (χ1n) is 9.73. The topological polar surface area (TPSA) is 78.5 Å². The van der Waals surface area contributed by atoms with Crippen molar-refractivity contribution >= 4 is 21.6 Å². The van der Waals surface area contributed by atoms with Crippen LogP contribution in [0.2, 0.25) is 0 Å². The Morgan fingerprint density at radius 3 is 2.19 bits per heavy atom. The van der Waals surface area contributed by atoms with Gasteiger partial charge in [0.2, 0.25) is 0 Å². The molecule has 6 nitrogen and oxygen atoms in total. The van der Waals surface area contributed by atoms with E-state index in [-0.39, 0.29) is 11.6 Å². The molecule has 0 spiro atoms. The van der Waals surface area contributed by atoms with Crippen molar-refractivity contribution in [2.45, 2.75) is 18.0 Å². The average molecular weight is 460 g/mol. The van der Waals surface area contributed by atoms with E-state index in [4.69, 9.17) is 0 Å². The molecule has 0 heterocycles. The van der Waals surface area contributed by atoms with Gasteiger partial charge in [0.25, 0.3) is 15.9 Å². The van der Waals surface area contributed by atoms with Crippen LogP contribution in [0.1, 0.15) is 21.5 Å².